The normalized spacial score (nSPS) is 13.0. The molecule has 1 unspecified atom stereocenters. The zero-order valence-electron chi connectivity index (χ0n) is 16.9. The first-order valence-electron chi connectivity index (χ1n) is 9.27. The van der Waals surface area contributed by atoms with Gasteiger partial charge in [0.1, 0.15) is 17.5 Å². The molecule has 0 fully saturated rings. The van der Waals surface area contributed by atoms with Crippen molar-refractivity contribution in [3.05, 3.63) is 77.4 Å². The van der Waals surface area contributed by atoms with E-state index < -0.39 is 29.6 Å². The van der Waals surface area contributed by atoms with E-state index in [4.69, 9.17) is 16.7 Å². The van der Waals surface area contributed by atoms with E-state index in [0.29, 0.717) is 11.8 Å². The van der Waals surface area contributed by atoms with Gasteiger partial charge in [0, 0.05) is 47.4 Å². The number of anilines is 1. The number of hydrogen-bond donors (Lipinski definition) is 5. The Bertz CT molecular complexity index is 1210. The highest BCUT2D eigenvalue weighted by molar-refractivity contribution is 6.00. The summed E-state index contributed by atoms with van der Waals surface area (Å²) in [4.78, 5) is 9.53. The van der Waals surface area contributed by atoms with Crippen LogP contribution in [-0.4, -0.2) is 20.8 Å². The first-order chi connectivity index (χ1) is 15.5. The molecule has 0 aliphatic heterocycles. The number of alkyl halides is 3. The second-order valence-corrected chi connectivity index (χ2v) is 6.89. The molecule has 0 amide bonds. The van der Waals surface area contributed by atoms with Crippen molar-refractivity contribution in [2.75, 3.05) is 5.32 Å². The van der Waals surface area contributed by atoms with Gasteiger partial charge in [-0.25, -0.2) is 24.3 Å². The number of allylic oxidation sites excluding steroid dienone is 1. The van der Waals surface area contributed by atoms with Crippen LogP contribution in [0, 0.1) is 22.6 Å². The van der Waals surface area contributed by atoms with Gasteiger partial charge < -0.3 is 16.0 Å². The first-order valence-corrected chi connectivity index (χ1v) is 9.27. The zero-order valence-corrected chi connectivity index (χ0v) is 16.9. The summed E-state index contributed by atoms with van der Waals surface area (Å²) in [5.41, 5.74) is 14.1. The molecule has 1 aromatic carbocycles. The largest absolute Gasteiger partial charge is 0.451 e. The van der Waals surface area contributed by atoms with E-state index in [9.17, 15) is 22.0 Å². The Hall–Kier alpha value is -4.16. The van der Waals surface area contributed by atoms with Crippen molar-refractivity contribution < 1.29 is 22.0 Å². The van der Waals surface area contributed by atoms with Crippen LogP contribution in [0.2, 0.25) is 0 Å². The Morgan fingerprint density at radius 1 is 1.21 bits per heavy atom. The van der Waals surface area contributed by atoms with Crippen LogP contribution in [-0.2, 0) is 6.18 Å². The lowest BCUT2D eigenvalue weighted by Crippen LogP contribution is -2.14. The Morgan fingerprint density at radius 3 is 2.42 bits per heavy atom. The minimum Gasteiger partial charge on any atom is -0.382 e. The van der Waals surface area contributed by atoms with E-state index in [2.05, 4.69) is 25.4 Å². The van der Waals surface area contributed by atoms with Crippen LogP contribution in [0.5, 0.6) is 0 Å². The fourth-order valence-electron chi connectivity index (χ4n) is 2.93. The molecule has 3 aromatic rings. The first kappa shape index (κ1) is 23.5. The molecular weight excluding hydrogens is 447 g/mol. The number of aromatic nitrogens is 3. The number of nitrogens with zero attached hydrogens (tertiary/aromatic N) is 3. The lowest BCUT2D eigenvalue weighted by Gasteiger charge is -2.11. The van der Waals surface area contributed by atoms with Gasteiger partial charge in [0.25, 0.3) is 0 Å². The number of nitrogens with one attached hydrogen (secondary N) is 4. The molecule has 6 N–H and O–H groups in total. The van der Waals surface area contributed by atoms with E-state index in [1.165, 1.54) is 18.3 Å². The van der Waals surface area contributed by atoms with Crippen LogP contribution in [0.4, 0.5) is 27.6 Å². The monoisotopic (exact) mass is 464 g/mol. The minimum atomic E-state index is -4.70. The molecule has 8 nitrogen and oxygen atoms in total. The third-order valence-corrected chi connectivity index (χ3v) is 4.67. The Labute approximate surface area is 183 Å². The van der Waals surface area contributed by atoms with Gasteiger partial charge in [0.15, 0.2) is 0 Å². The molecule has 2 aromatic heterocycles. The van der Waals surface area contributed by atoms with Crippen molar-refractivity contribution in [1.82, 2.24) is 15.0 Å². The van der Waals surface area contributed by atoms with Crippen LogP contribution >= 0.6 is 0 Å². The summed E-state index contributed by atoms with van der Waals surface area (Å²) in [5.74, 6) is -3.89. The second kappa shape index (κ2) is 9.14. The summed E-state index contributed by atoms with van der Waals surface area (Å²) in [5, 5.41) is 13.8. The number of halogens is 5. The van der Waals surface area contributed by atoms with Crippen LogP contribution < -0.4 is 11.1 Å². The molecule has 3 rings (SSSR count). The van der Waals surface area contributed by atoms with Gasteiger partial charge in [-0.05, 0) is 18.2 Å². The lowest BCUT2D eigenvalue weighted by atomic mass is 10.0. The summed E-state index contributed by atoms with van der Waals surface area (Å²) in [6, 6.07) is 4.45. The zero-order chi connectivity index (χ0) is 24.3. The average Bonchev–Trinajstić information content (AvgIpc) is 3.20. The maximum absolute atomic E-state index is 13.8. The van der Waals surface area contributed by atoms with Crippen molar-refractivity contribution in [3.8, 4) is 11.1 Å². The molecule has 2 heterocycles. The molecule has 0 saturated carbocycles. The number of rotatable bonds is 7. The standard InChI is InChI=1S/C20H17F5N8/c1-9(16(33-28)8-29-14-3-2-11(21)4-13(14)22)15-5-12(17(32-15)18(26)27)10-6-30-19(31-7-10)20(23,24)25/h2-9,28-29,32H,1H3,(H3,26,27)/b16-8-,33-28?. The van der Waals surface area contributed by atoms with Crippen LogP contribution in [0.1, 0.15) is 30.1 Å². The predicted molar refractivity (Wildman–Crippen MR) is 109 cm³/mol. The predicted octanol–water partition coefficient (Wildman–Crippen LogP) is 5.14. The van der Waals surface area contributed by atoms with Crippen LogP contribution in [0.25, 0.3) is 11.1 Å². The fourth-order valence-corrected chi connectivity index (χ4v) is 2.93. The van der Waals surface area contributed by atoms with E-state index >= 15 is 0 Å². The van der Waals surface area contributed by atoms with Crippen molar-refractivity contribution in [2.45, 2.75) is 19.0 Å². The van der Waals surface area contributed by atoms with Gasteiger partial charge in [-0.1, -0.05) is 6.92 Å². The summed E-state index contributed by atoms with van der Waals surface area (Å²) in [6.45, 7) is 1.65. The maximum Gasteiger partial charge on any atom is 0.451 e. The van der Waals surface area contributed by atoms with Crippen molar-refractivity contribution in [2.24, 2.45) is 10.8 Å². The molecule has 0 spiro atoms. The molecule has 33 heavy (non-hydrogen) atoms. The van der Waals surface area contributed by atoms with Gasteiger partial charge in [-0.3, -0.25) is 5.41 Å². The number of nitrogens with two attached hydrogens (primary N) is 1. The van der Waals surface area contributed by atoms with E-state index in [1.807, 2.05) is 0 Å². The SMILES string of the molecule is CC(/C(=C/Nc1ccc(F)cc1F)N=N)c1cc(-c2cnc(C(F)(F)F)nc2)c(C(=N)N)[nH]1. The number of hydrogen-bond acceptors (Lipinski definition) is 6. The van der Waals surface area contributed by atoms with Crippen molar-refractivity contribution in [3.63, 3.8) is 0 Å². The smallest absolute Gasteiger partial charge is 0.382 e. The summed E-state index contributed by atoms with van der Waals surface area (Å²) in [7, 11) is 0. The van der Waals surface area contributed by atoms with Crippen LogP contribution in [0.15, 0.2) is 53.7 Å². The van der Waals surface area contributed by atoms with E-state index in [0.717, 1.165) is 18.5 Å². The quantitative estimate of drug-likeness (QED) is 0.143. The molecule has 0 aliphatic rings. The van der Waals surface area contributed by atoms with Crippen molar-refractivity contribution >= 4 is 11.5 Å². The average molecular weight is 464 g/mol. The third kappa shape index (κ3) is 5.19. The van der Waals surface area contributed by atoms with Gasteiger partial charge in [0.05, 0.1) is 17.1 Å². The highest BCUT2D eigenvalue weighted by Crippen LogP contribution is 2.32. The van der Waals surface area contributed by atoms with E-state index in [-0.39, 0.29) is 34.0 Å². The Kier molecular flexibility index (Phi) is 6.51. The van der Waals surface area contributed by atoms with Gasteiger partial charge in [0.2, 0.25) is 5.82 Å². The minimum absolute atomic E-state index is 0.0387. The third-order valence-electron chi connectivity index (χ3n) is 4.67. The molecule has 1 atom stereocenters. The number of nitrogen functional groups attached to an aromatic ring is 1. The summed E-state index contributed by atoms with van der Waals surface area (Å²) >= 11 is 0. The maximum atomic E-state index is 13.8. The van der Waals surface area contributed by atoms with Gasteiger partial charge in [-0.2, -0.15) is 18.3 Å². The number of amidine groups is 1. The topological polar surface area (TPSA) is 140 Å². The molecule has 0 aliphatic carbocycles. The van der Waals surface area contributed by atoms with Crippen LogP contribution in [0.3, 0.4) is 0 Å². The molecule has 13 heteroatoms. The number of benzene rings is 1. The molecule has 0 saturated heterocycles. The molecule has 0 radical (unpaired) electrons. The lowest BCUT2D eigenvalue weighted by molar-refractivity contribution is -0.144. The highest BCUT2D eigenvalue weighted by atomic mass is 19.4. The number of H-pyrrole nitrogens is 1. The van der Waals surface area contributed by atoms with Gasteiger partial charge in [-0.15, -0.1) is 0 Å². The fraction of sp³-hybridized carbons (Fsp3) is 0.150. The highest BCUT2D eigenvalue weighted by Gasteiger charge is 2.34. The molecule has 0 bridgehead atoms. The second-order valence-electron chi connectivity index (χ2n) is 6.89. The summed E-state index contributed by atoms with van der Waals surface area (Å²) < 4.78 is 65.1. The molecular formula is C20H17F5N8. The molecule has 172 valence electrons. The Morgan fingerprint density at radius 2 is 1.88 bits per heavy atom. The number of aromatic amines is 1. The Balaban J connectivity index is 1.93. The van der Waals surface area contributed by atoms with Crippen molar-refractivity contribution in [1.29, 1.82) is 10.9 Å². The van der Waals surface area contributed by atoms with E-state index in [1.54, 1.807) is 6.92 Å². The summed E-state index contributed by atoms with van der Waals surface area (Å²) in [6.07, 6.45) is -1.52. The van der Waals surface area contributed by atoms with Gasteiger partial charge >= 0.3 is 6.18 Å².